The summed E-state index contributed by atoms with van der Waals surface area (Å²) in [7, 11) is 0. The van der Waals surface area contributed by atoms with E-state index in [9.17, 15) is 4.79 Å². The highest BCUT2D eigenvalue weighted by Gasteiger charge is 2.25. The third-order valence-corrected chi connectivity index (χ3v) is 5.62. The molecule has 32 heavy (non-hydrogen) atoms. The second kappa shape index (κ2) is 8.16. The molecule has 0 N–H and O–H groups in total. The molecule has 1 aliphatic heterocycles. The van der Waals surface area contributed by atoms with Crippen LogP contribution >= 0.6 is 11.6 Å². The number of halogens is 1. The van der Waals surface area contributed by atoms with Gasteiger partial charge in [0.2, 0.25) is 0 Å². The summed E-state index contributed by atoms with van der Waals surface area (Å²) in [5.74, 6) is 1.26. The van der Waals surface area contributed by atoms with Gasteiger partial charge < -0.3 is 18.5 Å². The van der Waals surface area contributed by atoms with Crippen molar-refractivity contribution in [1.29, 1.82) is 0 Å². The number of hydrogen-bond acceptors (Lipinski definition) is 7. The number of rotatable bonds is 5. The molecule has 0 radical (unpaired) electrons. The average Bonchev–Trinajstić information content (AvgIpc) is 3.49. The Balaban J connectivity index is 1.31. The second-order valence-electron chi connectivity index (χ2n) is 7.66. The lowest BCUT2D eigenvalue weighted by molar-refractivity contribution is 0.0463. The van der Waals surface area contributed by atoms with Crippen LogP contribution in [0.5, 0.6) is 5.75 Å². The van der Waals surface area contributed by atoms with Crippen molar-refractivity contribution < 1.29 is 23.3 Å². The number of aryl methyl sites for hydroxylation is 1. The van der Waals surface area contributed by atoms with Gasteiger partial charge in [0.25, 0.3) is 0 Å². The van der Waals surface area contributed by atoms with Crippen LogP contribution < -0.4 is 4.74 Å². The number of ether oxygens (including phenoxy) is 2. The number of hydrogen-bond donors (Lipinski definition) is 0. The lowest BCUT2D eigenvalue weighted by atomic mass is 10.1. The smallest absolute Gasteiger partial charge is 0.344 e. The van der Waals surface area contributed by atoms with E-state index in [4.69, 9.17) is 30.1 Å². The molecular weight excluding hydrogens is 432 g/mol. The molecule has 8 heteroatoms. The predicted molar refractivity (Wildman–Crippen MR) is 117 cm³/mol. The highest BCUT2D eigenvalue weighted by Crippen LogP contribution is 2.34. The zero-order valence-corrected chi connectivity index (χ0v) is 18.2. The van der Waals surface area contributed by atoms with Gasteiger partial charge in [0, 0.05) is 23.6 Å². The Labute approximate surface area is 188 Å². The fourth-order valence-corrected chi connectivity index (χ4v) is 3.98. The van der Waals surface area contributed by atoms with Crippen LogP contribution in [-0.4, -0.2) is 22.4 Å². The predicted octanol–water partition coefficient (Wildman–Crippen LogP) is 5.64. The third-order valence-electron chi connectivity index (χ3n) is 5.29. The van der Waals surface area contributed by atoms with Gasteiger partial charge in [-0.25, -0.2) is 4.79 Å². The van der Waals surface area contributed by atoms with Gasteiger partial charge in [0.15, 0.2) is 5.76 Å². The molecule has 7 nitrogen and oxygen atoms in total. The van der Waals surface area contributed by atoms with Crippen molar-refractivity contribution in [2.45, 2.75) is 33.0 Å². The highest BCUT2D eigenvalue weighted by atomic mass is 35.5. The number of carbonyl (C=O) groups excluding carboxylic acids is 1. The highest BCUT2D eigenvalue weighted by molar-refractivity contribution is 6.33. The number of nitrogens with zero attached hydrogens (tertiary/aromatic N) is 2. The lowest BCUT2D eigenvalue weighted by Crippen LogP contribution is -2.07. The molecule has 2 aromatic carbocycles. The molecule has 1 unspecified atom stereocenters. The molecule has 2 aromatic heterocycles. The number of fused-ring (bicyclic) bond motifs is 1. The molecule has 0 amide bonds. The summed E-state index contributed by atoms with van der Waals surface area (Å²) in [5.41, 5.74) is 3.68. The maximum Gasteiger partial charge on any atom is 0.344 e. The normalized spacial score (nSPS) is 14.8. The SMILES string of the molecule is Cc1onc(-c2ccccc2Cl)c1C(=O)OCc1cc(-c2ccc3c(c2)CC(C)O3)on1. The van der Waals surface area contributed by atoms with E-state index in [1.54, 1.807) is 31.2 Å². The number of aromatic nitrogens is 2. The van der Waals surface area contributed by atoms with Crippen molar-refractivity contribution in [3.8, 4) is 28.3 Å². The molecule has 1 aliphatic rings. The van der Waals surface area contributed by atoms with E-state index in [0.717, 1.165) is 23.3 Å². The van der Waals surface area contributed by atoms with Crippen molar-refractivity contribution >= 4 is 17.6 Å². The fourth-order valence-electron chi connectivity index (χ4n) is 3.75. The topological polar surface area (TPSA) is 87.6 Å². The first-order valence-corrected chi connectivity index (χ1v) is 10.5. The molecular formula is C24H19ClN2O5. The van der Waals surface area contributed by atoms with Crippen molar-refractivity contribution in [1.82, 2.24) is 10.3 Å². The third kappa shape index (κ3) is 3.76. The van der Waals surface area contributed by atoms with Crippen LogP contribution in [0.15, 0.2) is 57.6 Å². The Morgan fingerprint density at radius 3 is 2.84 bits per heavy atom. The first-order chi connectivity index (χ1) is 15.5. The summed E-state index contributed by atoms with van der Waals surface area (Å²) in [4.78, 5) is 12.8. The van der Waals surface area contributed by atoms with Crippen LogP contribution in [0.25, 0.3) is 22.6 Å². The standard InChI is InChI=1S/C24H19ClN2O5/c1-13-9-16-10-15(7-8-20(16)30-13)21-11-17(26-32-21)12-29-24(28)22-14(2)31-27-23(22)18-5-3-4-6-19(18)25/h3-8,10-11,13H,9,12H2,1-2H3. The molecule has 0 aliphatic carbocycles. The van der Waals surface area contributed by atoms with E-state index in [2.05, 4.69) is 10.3 Å². The minimum absolute atomic E-state index is 0.0556. The molecule has 0 saturated carbocycles. The van der Waals surface area contributed by atoms with Crippen LogP contribution in [0, 0.1) is 6.92 Å². The van der Waals surface area contributed by atoms with Gasteiger partial charge in [-0.05, 0) is 43.7 Å². The van der Waals surface area contributed by atoms with Crippen LogP contribution in [-0.2, 0) is 17.8 Å². The summed E-state index contributed by atoms with van der Waals surface area (Å²) in [6, 6.07) is 14.7. The number of esters is 1. The Hall–Kier alpha value is -3.58. The Kier molecular flexibility index (Phi) is 5.19. The zero-order valence-electron chi connectivity index (χ0n) is 17.4. The van der Waals surface area contributed by atoms with Crippen molar-refractivity contribution in [2.24, 2.45) is 0 Å². The summed E-state index contributed by atoms with van der Waals surface area (Å²) in [6.07, 6.45) is 1.02. The first kappa shape index (κ1) is 20.3. The van der Waals surface area contributed by atoms with Crippen LogP contribution in [0.1, 0.15) is 34.3 Å². The van der Waals surface area contributed by atoms with E-state index < -0.39 is 5.97 Å². The van der Waals surface area contributed by atoms with E-state index >= 15 is 0 Å². The minimum atomic E-state index is -0.577. The summed E-state index contributed by atoms with van der Waals surface area (Å²) < 4.78 is 21.9. The molecule has 0 fully saturated rings. The van der Waals surface area contributed by atoms with Gasteiger partial charge in [0.05, 0.1) is 5.02 Å². The maximum absolute atomic E-state index is 12.8. The van der Waals surface area contributed by atoms with Gasteiger partial charge in [-0.3, -0.25) is 0 Å². The number of carbonyl (C=O) groups is 1. The van der Waals surface area contributed by atoms with Gasteiger partial charge in [-0.2, -0.15) is 0 Å². The van der Waals surface area contributed by atoms with Gasteiger partial charge in [0.1, 0.15) is 41.2 Å². The van der Waals surface area contributed by atoms with Gasteiger partial charge in [-0.15, -0.1) is 0 Å². The van der Waals surface area contributed by atoms with Crippen LogP contribution in [0.2, 0.25) is 5.02 Å². The zero-order chi connectivity index (χ0) is 22.2. The van der Waals surface area contributed by atoms with E-state index in [0.29, 0.717) is 33.5 Å². The van der Waals surface area contributed by atoms with Crippen molar-refractivity contribution in [2.75, 3.05) is 0 Å². The molecule has 5 rings (SSSR count). The molecule has 0 spiro atoms. The Bertz CT molecular complexity index is 1310. The monoisotopic (exact) mass is 450 g/mol. The fraction of sp³-hybridized carbons (Fsp3) is 0.208. The molecule has 4 aromatic rings. The summed E-state index contributed by atoms with van der Waals surface area (Å²) in [5, 5.41) is 8.49. The van der Waals surface area contributed by atoms with Crippen molar-refractivity contribution in [3.63, 3.8) is 0 Å². The maximum atomic E-state index is 12.8. The van der Waals surface area contributed by atoms with E-state index in [1.807, 2.05) is 31.2 Å². The summed E-state index contributed by atoms with van der Waals surface area (Å²) >= 11 is 6.26. The van der Waals surface area contributed by atoms with E-state index in [1.165, 1.54) is 0 Å². The van der Waals surface area contributed by atoms with Gasteiger partial charge >= 0.3 is 5.97 Å². The van der Waals surface area contributed by atoms with Gasteiger partial charge in [-0.1, -0.05) is 40.1 Å². The Morgan fingerprint density at radius 2 is 2.00 bits per heavy atom. The molecule has 0 bridgehead atoms. The Morgan fingerprint density at radius 1 is 1.16 bits per heavy atom. The molecule has 1 atom stereocenters. The van der Waals surface area contributed by atoms with Crippen LogP contribution in [0.3, 0.4) is 0 Å². The van der Waals surface area contributed by atoms with Crippen LogP contribution in [0.4, 0.5) is 0 Å². The molecule has 162 valence electrons. The number of benzene rings is 2. The largest absolute Gasteiger partial charge is 0.490 e. The lowest BCUT2D eigenvalue weighted by Gasteiger charge is -2.04. The van der Waals surface area contributed by atoms with E-state index in [-0.39, 0.29) is 18.3 Å². The molecule has 3 heterocycles. The first-order valence-electron chi connectivity index (χ1n) is 10.1. The molecule has 0 saturated heterocycles. The van der Waals surface area contributed by atoms with Crippen molar-refractivity contribution in [3.05, 3.63) is 76.1 Å². The quantitative estimate of drug-likeness (QED) is 0.363. The second-order valence-corrected chi connectivity index (χ2v) is 8.06. The average molecular weight is 451 g/mol. The summed E-state index contributed by atoms with van der Waals surface area (Å²) in [6.45, 7) is 3.63. The minimum Gasteiger partial charge on any atom is -0.490 e.